The van der Waals surface area contributed by atoms with E-state index in [0.29, 0.717) is 46.6 Å². The molecule has 2 saturated heterocycles. The maximum absolute atomic E-state index is 16.9. The highest BCUT2D eigenvalue weighted by Gasteiger charge is 2.45. The van der Waals surface area contributed by atoms with Crippen LogP contribution in [-0.4, -0.2) is 65.6 Å². The number of benzene rings is 2. The Balaban J connectivity index is 1.46. The number of hydrogen-bond donors (Lipinski definition) is 0. The molecule has 0 saturated carbocycles. The molecule has 2 fully saturated rings. The van der Waals surface area contributed by atoms with Crippen LogP contribution in [0.5, 0.6) is 5.75 Å². The van der Waals surface area contributed by atoms with Crippen molar-refractivity contribution >= 4 is 33.5 Å². The number of fused-ring (bicyclic) bond motifs is 4. The molecule has 4 aromatic rings. The molecular formula is C35H37FN4O4. The average molecular weight is 597 g/mol. The second-order valence-electron chi connectivity index (χ2n) is 12.6. The van der Waals surface area contributed by atoms with Gasteiger partial charge in [-0.2, -0.15) is 0 Å². The summed E-state index contributed by atoms with van der Waals surface area (Å²) in [5, 5.41) is 2.64. The first kappa shape index (κ1) is 29.6. The third-order valence-electron chi connectivity index (χ3n) is 8.54. The smallest absolute Gasteiger partial charge is 0.410 e. The highest BCUT2D eigenvalue weighted by molar-refractivity contribution is 6.04. The molecule has 2 aromatic heterocycles. The molecular weight excluding hydrogens is 559 g/mol. The van der Waals surface area contributed by atoms with Crippen LogP contribution in [0.15, 0.2) is 36.5 Å². The fourth-order valence-corrected chi connectivity index (χ4v) is 6.54. The van der Waals surface area contributed by atoms with Gasteiger partial charge in [0, 0.05) is 59.4 Å². The third kappa shape index (κ3) is 5.17. The lowest BCUT2D eigenvalue weighted by Gasteiger charge is -2.42. The first-order valence-corrected chi connectivity index (χ1v) is 14.9. The third-order valence-corrected chi connectivity index (χ3v) is 8.54. The molecule has 2 atom stereocenters. The monoisotopic (exact) mass is 596 g/mol. The van der Waals surface area contributed by atoms with E-state index in [-0.39, 0.29) is 30.7 Å². The lowest BCUT2D eigenvalue weighted by molar-refractivity contribution is 0.0123. The normalized spacial score (nSPS) is 18.1. The van der Waals surface area contributed by atoms with E-state index in [1.54, 1.807) is 19.4 Å². The summed E-state index contributed by atoms with van der Waals surface area (Å²) in [6.45, 7) is 10.6. The Labute approximate surface area is 257 Å². The fraction of sp³-hybridized carbons (Fsp3) is 0.400. The van der Waals surface area contributed by atoms with Crippen molar-refractivity contribution in [2.75, 3.05) is 31.9 Å². The summed E-state index contributed by atoms with van der Waals surface area (Å²) in [4.78, 5) is 26.8. The standard InChI is InChI=1S/C35H37FN4O4/c1-8-22-10-9-11-23-14-26(43-19-42-7)15-27(30(22)23)32-31(36)29-20(2)21(3)38-33(28(29)16-37-32)39-17-24-12-13-25(18-39)40(24)34(41)44-35(4,5)6/h1,9-11,14-16,24-25H,12-13,17-19H2,2-7H3. The topological polar surface area (TPSA) is 77.0 Å². The number of hydrogen-bond acceptors (Lipinski definition) is 7. The van der Waals surface area contributed by atoms with Gasteiger partial charge in [0.25, 0.3) is 0 Å². The molecule has 44 heavy (non-hydrogen) atoms. The Morgan fingerprint density at radius 3 is 2.52 bits per heavy atom. The van der Waals surface area contributed by atoms with Crippen LogP contribution >= 0.6 is 0 Å². The molecule has 0 spiro atoms. The predicted octanol–water partition coefficient (Wildman–Crippen LogP) is 6.76. The highest BCUT2D eigenvalue weighted by atomic mass is 19.1. The molecule has 2 bridgehead atoms. The minimum atomic E-state index is -0.567. The largest absolute Gasteiger partial charge is 0.468 e. The number of piperazine rings is 1. The molecule has 2 unspecified atom stereocenters. The predicted molar refractivity (Wildman–Crippen MR) is 169 cm³/mol. The van der Waals surface area contributed by atoms with Gasteiger partial charge in [-0.15, -0.1) is 6.42 Å². The number of rotatable bonds is 5. The van der Waals surface area contributed by atoms with E-state index >= 15 is 4.39 Å². The number of amides is 1. The Hall–Kier alpha value is -4.42. The zero-order valence-corrected chi connectivity index (χ0v) is 26.0. The quantitative estimate of drug-likeness (QED) is 0.186. The summed E-state index contributed by atoms with van der Waals surface area (Å²) in [5.41, 5.74) is 2.27. The highest BCUT2D eigenvalue weighted by Crippen LogP contribution is 2.41. The summed E-state index contributed by atoms with van der Waals surface area (Å²) in [6.07, 6.45) is 9.07. The van der Waals surface area contributed by atoms with Crippen LogP contribution in [0.2, 0.25) is 0 Å². The van der Waals surface area contributed by atoms with Gasteiger partial charge in [0.15, 0.2) is 12.6 Å². The lowest BCUT2D eigenvalue weighted by Crippen LogP contribution is -2.57. The van der Waals surface area contributed by atoms with E-state index in [1.165, 1.54) is 0 Å². The number of ether oxygens (including phenoxy) is 3. The average Bonchev–Trinajstić information content (AvgIpc) is 3.25. The Bertz CT molecular complexity index is 1810. The van der Waals surface area contributed by atoms with Crippen molar-refractivity contribution in [3.63, 3.8) is 0 Å². The molecule has 8 nitrogen and oxygen atoms in total. The van der Waals surface area contributed by atoms with E-state index in [4.69, 9.17) is 30.6 Å². The molecule has 0 N–H and O–H groups in total. The Morgan fingerprint density at radius 2 is 1.86 bits per heavy atom. The number of aryl methyl sites for hydroxylation is 2. The molecule has 1 amide bonds. The van der Waals surface area contributed by atoms with Gasteiger partial charge in [-0.3, -0.25) is 9.88 Å². The molecule has 228 valence electrons. The summed E-state index contributed by atoms with van der Waals surface area (Å²) in [6, 6.07) is 9.22. The molecule has 2 aliphatic rings. The van der Waals surface area contributed by atoms with Gasteiger partial charge in [-0.05, 0) is 76.6 Å². The minimum Gasteiger partial charge on any atom is -0.468 e. The first-order chi connectivity index (χ1) is 21.0. The van der Waals surface area contributed by atoms with Crippen LogP contribution < -0.4 is 9.64 Å². The zero-order chi connectivity index (χ0) is 31.3. The van der Waals surface area contributed by atoms with Crippen molar-refractivity contribution in [3.8, 4) is 29.4 Å². The number of carbonyl (C=O) groups excluding carboxylic acids is 1. The number of anilines is 1. The molecule has 0 radical (unpaired) electrons. The van der Waals surface area contributed by atoms with Gasteiger partial charge in [0.05, 0.1) is 12.1 Å². The lowest BCUT2D eigenvalue weighted by atomic mass is 9.95. The fourth-order valence-electron chi connectivity index (χ4n) is 6.54. The maximum Gasteiger partial charge on any atom is 0.410 e. The summed E-state index contributed by atoms with van der Waals surface area (Å²) >= 11 is 0. The number of halogens is 1. The van der Waals surface area contributed by atoms with Crippen LogP contribution in [0.3, 0.4) is 0 Å². The van der Waals surface area contributed by atoms with E-state index < -0.39 is 11.4 Å². The molecule has 0 aliphatic carbocycles. The van der Waals surface area contributed by atoms with Crippen molar-refractivity contribution in [1.29, 1.82) is 0 Å². The van der Waals surface area contributed by atoms with E-state index in [9.17, 15) is 4.79 Å². The number of terminal acetylenes is 1. The van der Waals surface area contributed by atoms with Crippen molar-refractivity contribution in [2.24, 2.45) is 0 Å². The van der Waals surface area contributed by atoms with Crippen LogP contribution in [0, 0.1) is 32.0 Å². The van der Waals surface area contributed by atoms with Gasteiger partial charge >= 0.3 is 6.09 Å². The van der Waals surface area contributed by atoms with Crippen LogP contribution in [0.25, 0.3) is 32.8 Å². The molecule has 2 aromatic carbocycles. The number of methoxy groups -OCH3 is 1. The number of pyridine rings is 2. The first-order valence-electron chi connectivity index (χ1n) is 14.9. The second kappa shape index (κ2) is 11.3. The summed E-state index contributed by atoms with van der Waals surface area (Å²) in [5.74, 6) is 3.49. The van der Waals surface area contributed by atoms with Crippen molar-refractivity contribution in [1.82, 2.24) is 14.9 Å². The van der Waals surface area contributed by atoms with E-state index in [1.807, 2.05) is 63.8 Å². The summed E-state index contributed by atoms with van der Waals surface area (Å²) in [7, 11) is 1.54. The van der Waals surface area contributed by atoms with Gasteiger partial charge in [0.2, 0.25) is 0 Å². The van der Waals surface area contributed by atoms with Crippen molar-refractivity contribution < 1.29 is 23.4 Å². The summed E-state index contributed by atoms with van der Waals surface area (Å²) < 4.78 is 33.5. The molecule has 9 heteroatoms. The van der Waals surface area contributed by atoms with Crippen LogP contribution in [-0.2, 0) is 9.47 Å². The SMILES string of the molecule is C#Cc1cccc2cc(OCOC)cc(-c3ncc4c(N5CC6CCC(C5)N6C(=O)OC(C)(C)C)nc(C)c(C)c4c3F)c12. The number of nitrogens with zero attached hydrogens (tertiary/aromatic N) is 4. The Morgan fingerprint density at radius 1 is 1.14 bits per heavy atom. The van der Waals surface area contributed by atoms with Gasteiger partial charge < -0.3 is 19.1 Å². The van der Waals surface area contributed by atoms with Crippen molar-refractivity contribution in [2.45, 2.75) is 65.1 Å². The number of aromatic nitrogens is 2. The minimum absolute atomic E-state index is 0.0115. The molecule has 6 rings (SSSR count). The zero-order valence-electron chi connectivity index (χ0n) is 26.0. The van der Waals surface area contributed by atoms with Crippen molar-refractivity contribution in [3.05, 3.63) is 59.2 Å². The number of carbonyl (C=O) groups is 1. The van der Waals surface area contributed by atoms with Crippen LogP contribution in [0.4, 0.5) is 15.0 Å². The second-order valence-corrected chi connectivity index (χ2v) is 12.6. The molecule has 2 aliphatic heterocycles. The maximum atomic E-state index is 16.9. The van der Waals surface area contributed by atoms with Crippen LogP contribution in [0.1, 0.15) is 50.4 Å². The van der Waals surface area contributed by atoms with E-state index in [2.05, 4.69) is 10.8 Å². The van der Waals surface area contributed by atoms with Gasteiger partial charge in [-0.25, -0.2) is 14.2 Å². The van der Waals surface area contributed by atoms with E-state index in [0.717, 1.165) is 34.9 Å². The van der Waals surface area contributed by atoms with Gasteiger partial charge in [0.1, 0.15) is 22.9 Å². The van der Waals surface area contributed by atoms with Gasteiger partial charge in [-0.1, -0.05) is 18.1 Å². The molecule has 4 heterocycles. The Kier molecular flexibility index (Phi) is 7.58.